The quantitative estimate of drug-likeness (QED) is 0.721. The van der Waals surface area contributed by atoms with E-state index in [4.69, 9.17) is 0 Å². The maximum atomic E-state index is 13.7. The summed E-state index contributed by atoms with van der Waals surface area (Å²) in [6.07, 6.45) is 1.94. The first kappa shape index (κ1) is 16.1. The van der Waals surface area contributed by atoms with Crippen LogP contribution >= 0.6 is 11.8 Å². The standard InChI is InChI=1S/C16H14FN5OS/c1-24-14-9-5-4-8-13(14)18-15(23)10-22-20-16(19-21-22)11-6-2-3-7-12(11)17/h2-9H,10H2,1H3,(H,18,23). The fourth-order valence-corrected chi connectivity index (χ4v) is 2.68. The Hall–Kier alpha value is -2.74. The molecule has 1 N–H and O–H groups in total. The van der Waals surface area contributed by atoms with E-state index in [-0.39, 0.29) is 23.8 Å². The van der Waals surface area contributed by atoms with Gasteiger partial charge in [-0.25, -0.2) is 4.39 Å². The summed E-state index contributed by atoms with van der Waals surface area (Å²) < 4.78 is 13.7. The third kappa shape index (κ3) is 3.60. The van der Waals surface area contributed by atoms with Gasteiger partial charge in [0, 0.05) is 4.90 Å². The average molecular weight is 343 g/mol. The Labute approximate surface area is 142 Å². The minimum absolute atomic E-state index is 0.107. The van der Waals surface area contributed by atoms with Crippen LogP contribution in [-0.2, 0) is 11.3 Å². The molecular formula is C16H14FN5OS. The number of carbonyl (C=O) groups is 1. The van der Waals surface area contributed by atoms with Crippen molar-refractivity contribution in [3.8, 4) is 11.4 Å². The van der Waals surface area contributed by atoms with E-state index in [1.54, 1.807) is 18.2 Å². The molecule has 0 aliphatic heterocycles. The van der Waals surface area contributed by atoms with Crippen LogP contribution in [0.3, 0.4) is 0 Å². The summed E-state index contributed by atoms with van der Waals surface area (Å²) in [7, 11) is 0. The van der Waals surface area contributed by atoms with Gasteiger partial charge in [-0.3, -0.25) is 4.79 Å². The number of hydrogen-bond acceptors (Lipinski definition) is 5. The van der Waals surface area contributed by atoms with E-state index < -0.39 is 5.82 Å². The van der Waals surface area contributed by atoms with Crippen molar-refractivity contribution in [2.45, 2.75) is 11.4 Å². The molecule has 0 bridgehead atoms. The molecule has 0 saturated carbocycles. The lowest BCUT2D eigenvalue weighted by atomic mass is 10.2. The molecule has 24 heavy (non-hydrogen) atoms. The average Bonchev–Trinajstić information content (AvgIpc) is 3.04. The fourth-order valence-electron chi connectivity index (χ4n) is 2.13. The van der Waals surface area contributed by atoms with E-state index >= 15 is 0 Å². The summed E-state index contributed by atoms with van der Waals surface area (Å²) in [6.45, 7) is -0.107. The van der Waals surface area contributed by atoms with Crippen molar-refractivity contribution >= 4 is 23.4 Å². The van der Waals surface area contributed by atoms with Gasteiger partial charge >= 0.3 is 0 Å². The molecule has 2 aromatic carbocycles. The highest BCUT2D eigenvalue weighted by Crippen LogP contribution is 2.24. The Kier molecular flexibility index (Phi) is 4.85. The van der Waals surface area contributed by atoms with Gasteiger partial charge in [0.05, 0.1) is 11.3 Å². The van der Waals surface area contributed by atoms with Crippen molar-refractivity contribution in [3.63, 3.8) is 0 Å². The Balaban J connectivity index is 1.71. The molecule has 0 unspecified atom stereocenters. The number of hydrogen-bond donors (Lipinski definition) is 1. The van der Waals surface area contributed by atoms with Crippen LogP contribution in [0.2, 0.25) is 0 Å². The van der Waals surface area contributed by atoms with E-state index in [0.717, 1.165) is 15.4 Å². The number of para-hydroxylation sites is 1. The summed E-state index contributed by atoms with van der Waals surface area (Å²) in [5.74, 6) is -0.574. The second-order valence-electron chi connectivity index (χ2n) is 4.87. The van der Waals surface area contributed by atoms with E-state index in [1.165, 1.54) is 17.8 Å². The lowest BCUT2D eigenvalue weighted by molar-refractivity contribution is -0.117. The molecule has 122 valence electrons. The second kappa shape index (κ2) is 7.22. The van der Waals surface area contributed by atoms with Crippen molar-refractivity contribution in [1.82, 2.24) is 20.2 Å². The zero-order valence-corrected chi connectivity index (χ0v) is 13.6. The first-order valence-electron chi connectivity index (χ1n) is 7.13. The van der Waals surface area contributed by atoms with Gasteiger partial charge in [0.1, 0.15) is 12.4 Å². The van der Waals surface area contributed by atoms with Crippen molar-refractivity contribution in [2.24, 2.45) is 0 Å². The first-order valence-corrected chi connectivity index (χ1v) is 8.35. The number of benzene rings is 2. The Morgan fingerprint density at radius 1 is 1.21 bits per heavy atom. The number of nitrogens with one attached hydrogen (secondary N) is 1. The number of tetrazole rings is 1. The zero-order valence-electron chi connectivity index (χ0n) is 12.8. The van der Waals surface area contributed by atoms with Crippen LogP contribution in [0.5, 0.6) is 0 Å². The molecule has 3 rings (SSSR count). The van der Waals surface area contributed by atoms with E-state index in [2.05, 4.69) is 20.7 Å². The molecule has 1 aromatic heterocycles. The molecule has 0 saturated heterocycles. The molecule has 0 atom stereocenters. The van der Waals surface area contributed by atoms with Crippen LogP contribution in [0.25, 0.3) is 11.4 Å². The van der Waals surface area contributed by atoms with E-state index in [9.17, 15) is 9.18 Å². The second-order valence-corrected chi connectivity index (χ2v) is 5.72. The van der Waals surface area contributed by atoms with Crippen molar-refractivity contribution < 1.29 is 9.18 Å². The minimum Gasteiger partial charge on any atom is -0.323 e. The largest absolute Gasteiger partial charge is 0.323 e. The number of carbonyl (C=O) groups excluding carboxylic acids is 1. The van der Waals surface area contributed by atoms with Crippen LogP contribution < -0.4 is 5.32 Å². The number of thioether (sulfide) groups is 1. The van der Waals surface area contributed by atoms with Crippen LogP contribution in [0.1, 0.15) is 0 Å². The van der Waals surface area contributed by atoms with Crippen LogP contribution in [0.15, 0.2) is 53.4 Å². The lowest BCUT2D eigenvalue weighted by Crippen LogP contribution is -2.20. The van der Waals surface area contributed by atoms with Crippen LogP contribution in [-0.4, -0.2) is 32.4 Å². The van der Waals surface area contributed by atoms with Gasteiger partial charge < -0.3 is 5.32 Å². The van der Waals surface area contributed by atoms with Gasteiger partial charge in [-0.1, -0.05) is 24.3 Å². The molecule has 0 spiro atoms. The Morgan fingerprint density at radius 2 is 1.96 bits per heavy atom. The van der Waals surface area contributed by atoms with Crippen molar-refractivity contribution in [1.29, 1.82) is 0 Å². The topological polar surface area (TPSA) is 72.7 Å². The number of halogens is 1. The normalized spacial score (nSPS) is 10.6. The predicted octanol–water partition coefficient (Wildman–Crippen LogP) is 2.84. The molecule has 0 fully saturated rings. The number of rotatable bonds is 5. The highest BCUT2D eigenvalue weighted by molar-refractivity contribution is 7.98. The highest BCUT2D eigenvalue weighted by Gasteiger charge is 2.13. The summed E-state index contributed by atoms with van der Waals surface area (Å²) in [4.78, 5) is 14.2. The van der Waals surface area contributed by atoms with E-state index in [1.807, 2.05) is 30.5 Å². The van der Waals surface area contributed by atoms with E-state index in [0.29, 0.717) is 0 Å². The van der Waals surface area contributed by atoms with Crippen LogP contribution in [0, 0.1) is 5.82 Å². The molecule has 6 nitrogen and oxygen atoms in total. The molecule has 1 heterocycles. The molecule has 0 radical (unpaired) electrons. The van der Waals surface area contributed by atoms with Crippen molar-refractivity contribution in [3.05, 3.63) is 54.3 Å². The molecule has 0 aliphatic carbocycles. The van der Waals surface area contributed by atoms with Gasteiger partial charge in [-0.2, -0.15) is 4.80 Å². The minimum atomic E-state index is -0.435. The summed E-state index contributed by atoms with van der Waals surface area (Å²) in [5.41, 5.74) is 0.973. The maximum absolute atomic E-state index is 13.7. The predicted molar refractivity (Wildman–Crippen MR) is 90.1 cm³/mol. The number of aromatic nitrogens is 4. The molecular weight excluding hydrogens is 329 g/mol. The third-order valence-corrected chi connectivity index (χ3v) is 4.03. The highest BCUT2D eigenvalue weighted by atomic mass is 32.2. The number of amides is 1. The van der Waals surface area contributed by atoms with Gasteiger partial charge in [-0.05, 0) is 35.7 Å². The third-order valence-electron chi connectivity index (χ3n) is 3.23. The zero-order chi connectivity index (χ0) is 16.9. The summed E-state index contributed by atoms with van der Waals surface area (Å²) in [5, 5.41) is 14.5. The van der Waals surface area contributed by atoms with Gasteiger partial charge in [0.15, 0.2) is 0 Å². The van der Waals surface area contributed by atoms with Crippen LogP contribution in [0.4, 0.5) is 10.1 Å². The van der Waals surface area contributed by atoms with Gasteiger partial charge in [-0.15, -0.1) is 22.0 Å². The first-order chi connectivity index (χ1) is 11.7. The Morgan fingerprint density at radius 3 is 2.75 bits per heavy atom. The fraction of sp³-hybridized carbons (Fsp3) is 0.125. The molecule has 1 amide bonds. The Bertz CT molecular complexity index is 867. The summed E-state index contributed by atoms with van der Waals surface area (Å²) >= 11 is 1.54. The van der Waals surface area contributed by atoms with Gasteiger partial charge in [0.25, 0.3) is 0 Å². The monoisotopic (exact) mass is 343 g/mol. The smallest absolute Gasteiger partial charge is 0.248 e. The molecule has 8 heteroatoms. The lowest BCUT2D eigenvalue weighted by Gasteiger charge is -2.08. The van der Waals surface area contributed by atoms with Crippen molar-refractivity contribution in [2.75, 3.05) is 11.6 Å². The SMILES string of the molecule is CSc1ccccc1NC(=O)Cn1nnc(-c2ccccc2F)n1. The molecule has 0 aliphatic rings. The number of nitrogens with zero attached hydrogens (tertiary/aromatic N) is 4. The number of anilines is 1. The molecule has 3 aromatic rings. The van der Waals surface area contributed by atoms with Gasteiger partial charge in [0.2, 0.25) is 11.7 Å². The summed E-state index contributed by atoms with van der Waals surface area (Å²) in [6, 6.07) is 13.6. The maximum Gasteiger partial charge on any atom is 0.248 e.